The van der Waals surface area contributed by atoms with E-state index in [1.54, 1.807) is 0 Å². The smallest absolute Gasteiger partial charge is 0.120 e. The number of hydrogen-bond donors (Lipinski definition) is 0. The molecule has 0 heterocycles. The third kappa shape index (κ3) is 2.58. The van der Waals surface area contributed by atoms with Gasteiger partial charge < -0.3 is 4.74 Å². The first kappa shape index (κ1) is 11.5. The molecule has 1 nitrogen and oxygen atoms in total. The summed E-state index contributed by atoms with van der Waals surface area (Å²) >= 11 is 0. The van der Waals surface area contributed by atoms with E-state index in [4.69, 9.17) is 4.74 Å². The van der Waals surface area contributed by atoms with Gasteiger partial charge in [0.1, 0.15) is 5.75 Å². The van der Waals surface area contributed by atoms with Crippen LogP contribution in [0.3, 0.4) is 0 Å². The van der Waals surface area contributed by atoms with Crippen molar-refractivity contribution in [1.29, 1.82) is 0 Å². The van der Waals surface area contributed by atoms with E-state index in [9.17, 15) is 0 Å². The molecule has 1 aromatic rings. The van der Waals surface area contributed by atoms with Crippen molar-refractivity contribution in [3.63, 3.8) is 0 Å². The molecule has 1 fully saturated rings. The predicted molar refractivity (Wildman–Crippen MR) is 66.8 cm³/mol. The van der Waals surface area contributed by atoms with Crippen molar-refractivity contribution in [2.75, 3.05) is 6.61 Å². The number of hydrogen-bond acceptors (Lipinski definition) is 1. The van der Waals surface area contributed by atoms with E-state index in [-0.39, 0.29) is 0 Å². The van der Waals surface area contributed by atoms with Crippen LogP contribution in [0.5, 0.6) is 5.75 Å². The molecule has 87 valence electrons. The Morgan fingerprint density at radius 1 is 1.38 bits per heavy atom. The fraction of sp³-hybridized carbons (Fsp3) is 0.600. The molecule has 16 heavy (non-hydrogen) atoms. The van der Waals surface area contributed by atoms with Gasteiger partial charge in [-0.05, 0) is 55.4 Å². The Labute approximate surface area is 98.8 Å². The van der Waals surface area contributed by atoms with E-state index in [0.29, 0.717) is 5.92 Å². The van der Waals surface area contributed by atoms with E-state index < -0.39 is 0 Å². The van der Waals surface area contributed by atoms with Crippen LogP contribution in [0.2, 0.25) is 0 Å². The number of benzene rings is 1. The minimum Gasteiger partial charge on any atom is -0.494 e. The first-order valence-electron chi connectivity index (χ1n) is 6.45. The molecule has 1 aliphatic carbocycles. The summed E-state index contributed by atoms with van der Waals surface area (Å²) in [4.78, 5) is 0. The lowest BCUT2D eigenvalue weighted by Crippen LogP contribution is -2.06. The van der Waals surface area contributed by atoms with Crippen LogP contribution < -0.4 is 4.74 Å². The highest BCUT2D eigenvalue weighted by Crippen LogP contribution is 2.37. The average Bonchev–Trinajstić information content (AvgIpc) is 2.82. The highest BCUT2D eigenvalue weighted by Gasteiger charge is 2.22. The molecule has 0 spiro atoms. The quantitative estimate of drug-likeness (QED) is 0.735. The summed E-state index contributed by atoms with van der Waals surface area (Å²) in [6.07, 6.45) is 5.59. The summed E-state index contributed by atoms with van der Waals surface area (Å²) in [5, 5.41) is 0. The van der Waals surface area contributed by atoms with Crippen molar-refractivity contribution in [3.8, 4) is 5.75 Å². The van der Waals surface area contributed by atoms with Crippen molar-refractivity contribution in [3.05, 3.63) is 29.8 Å². The van der Waals surface area contributed by atoms with Gasteiger partial charge in [0.15, 0.2) is 0 Å². The molecule has 1 radical (unpaired) electrons. The topological polar surface area (TPSA) is 9.23 Å². The Morgan fingerprint density at radius 2 is 2.12 bits per heavy atom. The maximum Gasteiger partial charge on any atom is 0.120 e. The summed E-state index contributed by atoms with van der Waals surface area (Å²) in [5.74, 6) is 2.48. The molecule has 1 aliphatic rings. The van der Waals surface area contributed by atoms with Gasteiger partial charge in [-0.3, -0.25) is 0 Å². The third-order valence-corrected chi connectivity index (χ3v) is 3.73. The van der Waals surface area contributed by atoms with Crippen molar-refractivity contribution >= 4 is 0 Å². The summed E-state index contributed by atoms with van der Waals surface area (Å²) < 4.78 is 5.53. The second-order valence-corrected chi connectivity index (χ2v) is 4.77. The van der Waals surface area contributed by atoms with Crippen LogP contribution in [0.4, 0.5) is 0 Å². The van der Waals surface area contributed by atoms with Crippen molar-refractivity contribution in [2.24, 2.45) is 5.92 Å². The molecule has 0 bridgehead atoms. The molecule has 1 heteroatoms. The van der Waals surface area contributed by atoms with Gasteiger partial charge in [0.05, 0.1) is 6.61 Å². The summed E-state index contributed by atoms with van der Waals surface area (Å²) in [7, 11) is 0. The van der Waals surface area contributed by atoms with E-state index in [1.807, 2.05) is 13.0 Å². The molecular weight excluding hydrogens is 196 g/mol. The average molecular weight is 217 g/mol. The first-order valence-corrected chi connectivity index (χ1v) is 6.45. The zero-order chi connectivity index (χ0) is 11.4. The van der Waals surface area contributed by atoms with Crippen molar-refractivity contribution in [1.82, 2.24) is 0 Å². The molecule has 0 amide bonds. The van der Waals surface area contributed by atoms with Gasteiger partial charge in [-0.2, -0.15) is 0 Å². The predicted octanol–water partition coefficient (Wildman–Crippen LogP) is 4.18. The van der Waals surface area contributed by atoms with Gasteiger partial charge in [-0.25, -0.2) is 0 Å². The minimum absolute atomic E-state index is 0.652. The van der Waals surface area contributed by atoms with Crippen LogP contribution in [-0.4, -0.2) is 6.61 Å². The maximum absolute atomic E-state index is 5.53. The van der Waals surface area contributed by atoms with Gasteiger partial charge in [0.2, 0.25) is 0 Å². The largest absolute Gasteiger partial charge is 0.494 e. The lowest BCUT2D eigenvalue weighted by molar-refractivity contribution is 0.339. The van der Waals surface area contributed by atoms with Crippen molar-refractivity contribution < 1.29 is 4.74 Å². The Hall–Kier alpha value is -0.980. The Bertz CT molecular complexity index is 326. The van der Waals surface area contributed by atoms with E-state index in [0.717, 1.165) is 18.3 Å². The van der Waals surface area contributed by atoms with Crippen LogP contribution in [0.1, 0.15) is 51.0 Å². The Kier molecular flexibility index (Phi) is 3.87. The summed E-state index contributed by atoms with van der Waals surface area (Å²) in [6.45, 7) is 5.09. The third-order valence-electron chi connectivity index (χ3n) is 3.73. The highest BCUT2D eigenvalue weighted by atomic mass is 16.5. The molecular formula is C15H21O. The highest BCUT2D eigenvalue weighted by molar-refractivity contribution is 5.30. The molecule has 1 saturated carbocycles. The zero-order valence-electron chi connectivity index (χ0n) is 10.3. The zero-order valence-corrected chi connectivity index (χ0v) is 10.3. The molecule has 0 N–H and O–H groups in total. The lowest BCUT2D eigenvalue weighted by Gasteiger charge is -2.19. The molecule has 2 rings (SSSR count). The minimum atomic E-state index is 0.652. The number of ether oxygens (including phenoxy) is 1. The fourth-order valence-electron chi connectivity index (χ4n) is 2.71. The van der Waals surface area contributed by atoms with Gasteiger partial charge in [-0.1, -0.05) is 25.8 Å². The van der Waals surface area contributed by atoms with Crippen LogP contribution in [0.25, 0.3) is 0 Å². The Balaban J connectivity index is 2.09. The van der Waals surface area contributed by atoms with Crippen LogP contribution >= 0.6 is 0 Å². The summed E-state index contributed by atoms with van der Waals surface area (Å²) in [5.41, 5.74) is 1.39. The SMILES string of the molecule is CCOc1c[c]cc(C(C)C2CCCC2)c1. The van der Waals surface area contributed by atoms with Crippen LogP contribution in [0.15, 0.2) is 18.2 Å². The monoisotopic (exact) mass is 217 g/mol. The Morgan fingerprint density at radius 3 is 2.81 bits per heavy atom. The van der Waals surface area contributed by atoms with Gasteiger partial charge in [0.25, 0.3) is 0 Å². The molecule has 1 aromatic carbocycles. The van der Waals surface area contributed by atoms with Gasteiger partial charge >= 0.3 is 0 Å². The standard InChI is InChI=1S/C15H21O/c1-3-16-15-10-6-9-14(11-15)12(2)13-7-4-5-8-13/h9-13H,3-5,7-8H2,1-2H3. The van der Waals surface area contributed by atoms with Crippen molar-refractivity contribution in [2.45, 2.75) is 45.4 Å². The fourth-order valence-corrected chi connectivity index (χ4v) is 2.71. The normalized spacial score (nSPS) is 18.6. The molecule has 0 aromatic heterocycles. The first-order chi connectivity index (χ1) is 7.81. The van der Waals surface area contributed by atoms with E-state index in [2.05, 4.69) is 25.1 Å². The second kappa shape index (κ2) is 5.38. The maximum atomic E-state index is 5.53. The lowest BCUT2D eigenvalue weighted by atomic mass is 9.86. The van der Waals surface area contributed by atoms with Gasteiger partial charge in [0, 0.05) is 0 Å². The van der Waals surface area contributed by atoms with Crippen LogP contribution in [-0.2, 0) is 0 Å². The second-order valence-electron chi connectivity index (χ2n) is 4.77. The van der Waals surface area contributed by atoms with E-state index >= 15 is 0 Å². The van der Waals surface area contributed by atoms with Gasteiger partial charge in [-0.15, -0.1) is 0 Å². The van der Waals surface area contributed by atoms with Crippen LogP contribution in [0, 0.1) is 12.0 Å². The van der Waals surface area contributed by atoms with E-state index in [1.165, 1.54) is 31.2 Å². The molecule has 0 saturated heterocycles. The number of rotatable bonds is 4. The molecule has 1 unspecified atom stereocenters. The summed E-state index contributed by atoms with van der Waals surface area (Å²) in [6, 6.07) is 9.42. The molecule has 0 aliphatic heterocycles. The molecule has 1 atom stereocenters.